The number of rotatable bonds is 2. The number of nitrogens with one attached hydrogen (secondary N) is 1. The molecule has 22 heavy (non-hydrogen) atoms. The highest BCUT2D eigenvalue weighted by Crippen LogP contribution is 2.31. The van der Waals surface area contributed by atoms with Crippen molar-refractivity contribution in [1.29, 1.82) is 0 Å². The summed E-state index contributed by atoms with van der Waals surface area (Å²) in [4.78, 5) is 17.9. The first kappa shape index (κ1) is 16.7. The molecule has 1 saturated heterocycles. The van der Waals surface area contributed by atoms with Gasteiger partial charge in [0.1, 0.15) is 5.69 Å². The first-order valence-corrected chi connectivity index (χ1v) is 7.11. The number of likely N-dealkylation sites (N-methyl/N-ethyl adjacent to an activating group) is 1. The van der Waals surface area contributed by atoms with E-state index in [0.29, 0.717) is 18.7 Å². The third-order valence-electron chi connectivity index (χ3n) is 4.27. The van der Waals surface area contributed by atoms with E-state index in [2.05, 4.69) is 10.3 Å². The van der Waals surface area contributed by atoms with Gasteiger partial charge in [-0.1, -0.05) is 0 Å². The van der Waals surface area contributed by atoms with Crippen molar-refractivity contribution in [3.05, 3.63) is 28.6 Å². The van der Waals surface area contributed by atoms with Crippen molar-refractivity contribution in [3.63, 3.8) is 0 Å². The molecule has 0 aliphatic carbocycles. The largest absolute Gasteiger partial charge is 0.433 e. The number of alkyl halides is 3. The van der Waals surface area contributed by atoms with Crippen LogP contribution in [-0.4, -0.2) is 41.5 Å². The molecule has 2 rings (SSSR count). The Kier molecular flexibility index (Phi) is 4.21. The zero-order valence-corrected chi connectivity index (χ0v) is 13.1. The Balaban J connectivity index is 2.32. The second kappa shape index (κ2) is 5.53. The van der Waals surface area contributed by atoms with E-state index in [1.165, 1.54) is 13.8 Å². The molecule has 2 heterocycles. The molecule has 0 aromatic carbocycles. The van der Waals surface area contributed by atoms with Gasteiger partial charge >= 0.3 is 6.18 Å². The van der Waals surface area contributed by atoms with Crippen molar-refractivity contribution in [3.8, 4) is 0 Å². The van der Waals surface area contributed by atoms with E-state index >= 15 is 0 Å². The Bertz CT molecular complexity index is 577. The van der Waals surface area contributed by atoms with E-state index in [0.717, 1.165) is 12.5 Å². The molecule has 4 nitrogen and oxygen atoms in total. The number of hydrogen-bond donors (Lipinski definition) is 1. The molecule has 1 aliphatic rings. The van der Waals surface area contributed by atoms with Crippen molar-refractivity contribution in [2.24, 2.45) is 0 Å². The molecular formula is C15H20F3N3O. The Morgan fingerprint density at radius 2 is 2.05 bits per heavy atom. The van der Waals surface area contributed by atoms with Gasteiger partial charge in [-0.15, -0.1) is 0 Å². The molecule has 1 aromatic heterocycles. The molecule has 1 N–H and O–H groups in total. The summed E-state index contributed by atoms with van der Waals surface area (Å²) in [6.45, 7) is 6.09. The lowest BCUT2D eigenvalue weighted by atomic mass is 10.0. The van der Waals surface area contributed by atoms with Crippen LogP contribution in [0.25, 0.3) is 0 Å². The van der Waals surface area contributed by atoms with Crippen LogP contribution in [0.4, 0.5) is 13.2 Å². The summed E-state index contributed by atoms with van der Waals surface area (Å²) in [6.07, 6.45) is -3.70. The Hall–Kier alpha value is -1.63. The summed E-state index contributed by atoms with van der Waals surface area (Å²) in [7, 11) is 1.84. The minimum Gasteiger partial charge on any atom is -0.337 e. The summed E-state index contributed by atoms with van der Waals surface area (Å²) in [5.41, 5.74) is -0.413. The van der Waals surface area contributed by atoms with Crippen LogP contribution < -0.4 is 5.32 Å². The molecule has 1 unspecified atom stereocenters. The second-order valence-electron chi connectivity index (χ2n) is 6.07. The molecule has 7 heteroatoms. The van der Waals surface area contributed by atoms with Crippen LogP contribution in [0.5, 0.6) is 0 Å². The first-order chi connectivity index (χ1) is 10.1. The van der Waals surface area contributed by atoms with Crippen LogP contribution in [0.15, 0.2) is 6.07 Å². The number of nitrogens with zero attached hydrogens (tertiary/aromatic N) is 2. The number of carbonyl (C=O) groups is 1. The van der Waals surface area contributed by atoms with Gasteiger partial charge in [0.15, 0.2) is 0 Å². The average molecular weight is 315 g/mol. The summed E-state index contributed by atoms with van der Waals surface area (Å²) in [5.74, 6) is -0.254. The van der Waals surface area contributed by atoms with E-state index in [1.807, 2.05) is 14.0 Å². The second-order valence-corrected chi connectivity index (χ2v) is 6.07. The Labute approximate surface area is 127 Å². The van der Waals surface area contributed by atoms with Crippen LogP contribution in [-0.2, 0) is 6.18 Å². The highest BCUT2D eigenvalue weighted by Gasteiger charge is 2.37. The number of halogens is 3. The molecule has 0 bridgehead atoms. The lowest BCUT2D eigenvalue weighted by Crippen LogP contribution is -2.43. The van der Waals surface area contributed by atoms with Crippen molar-refractivity contribution < 1.29 is 18.0 Å². The first-order valence-electron chi connectivity index (χ1n) is 7.11. The van der Waals surface area contributed by atoms with Crippen molar-refractivity contribution >= 4 is 5.91 Å². The standard InChI is InChI=1S/C15H20F3N3O/c1-9-7-11(15(16,17)18)20-10(2)12(9)13(22)21-6-5-14(3,8-21)19-4/h7,19H,5-6,8H2,1-4H3. The topological polar surface area (TPSA) is 45.2 Å². The monoisotopic (exact) mass is 315 g/mol. The fraction of sp³-hybridized carbons (Fsp3) is 0.600. The molecule has 1 aromatic rings. The van der Waals surface area contributed by atoms with Gasteiger partial charge in [0.2, 0.25) is 0 Å². The zero-order chi connectivity index (χ0) is 16.7. The molecular weight excluding hydrogens is 295 g/mol. The lowest BCUT2D eigenvalue weighted by Gasteiger charge is -2.24. The number of aromatic nitrogens is 1. The quantitative estimate of drug-likeness (QED) is 0.912. The maximum Gasteiger partial charge on any atom is 0.433 e. The minimum absolute atomic E-state index is 0.121. The van der Waals surface area contributed by atoms with Crippen LogP contribution in [0.1, 0.15) is 40.7 Å². The van der Waals surface area contributed by atoms with Gasteiger partial charge in [-0.3, -0.25) is 4.79 Å². The van der Waals surface area contributed by atoms with E-state index in [1.54, 1.807) is 4.90 Å². The normalized spacial score (nSPS) is 22.2. The number of pyridine rings is 1. The highest BCUT2D eigenvalue weighted by molar-refractivity contribution is 5.97. The predicted octanol–water partition coefficient (Wildman–Crippen LogP) is 2.54. The van der Waals surface area contributed by atoms with Gasteiger partial charge in [0, 0.05) is 18.6 Å². The van der Waals surface area contributed by atoms with Crippen LogP contribution in [0, 0.1) is 13.8 Å². The Morgan fingerprint density at radius 1 is 1.41 bits per heavy atom. The molecule has 0 saturated carbocycles. The van der Waals surface area contributed by atoms with Gasteiger partial charge in [0.25, 0.3) is 5.91 Å². The van der Waals surface area contributed by atoms with Crippen LogP contribution in [0.3, 0.4) is 0 Å². The molecule has 1 fully saturated rings. The molecule has 122 valence electrons. The van der Waals surface area contributed by atoms with E-state index in [9.17, 15) is 18.0 Å². The number of aryl methyl sites for hydroxylation is 2. The van der Waals surface area contributed by atoms with E-state index in [-0.39, 0.29) is 22.7 Å². The summed E-state index contributed by atoms with van der Waals surface area (Å²) in [6, 6.07) is 0.938. The molecule has 1 aliphatic heterocycles. The smallest absolute Gasteiger partial charge is 0.337 e. The van der Waals surface area contributed by atoms with Crippen molar-refractivity contribution in [2.45, 2.75) is 38.9 Å². The average Bonchev–Trinajstić information content (AvgIpc) is 2.80. The van der Waals surface area contributed by atoms with E-state index < -0.39 is 11.9 Å². The molecule has 1 atom stereocenters. The van der Waals surface area contributed by atoms with Crippen LogP contribution in [0.2, 0.25) is 0 Å². The van der Waals surface area contributed by atoms with Gasteiger partial charge in [-0.2, -0.15) is 13.2 Å². The number of amides is 1. The molecule has 0 spiro atoms. The molecule has 1 amide bonds. The summed E-state index contributed by atoms with van der Waals surface area (Å²) in [5, 5.41) is 3.18. The third-order valence-corrected chi connectivity index (χ3v) is 4.27. The van der Waals surface area contributed by atoms with Gasteiger partial charge < -0.3 is 10.2 Å². The number of hydrogen-bond acceptors (Lipinski definition) is 3. The fourth-order valence-corrected chi connectivity index (χ4v) is 2.80. The van der Waals surface area contributed by atoms with Gasteiger partial charge in [-0.05, 0) is 45.9 Å². The third kappa shape index (κ3) is 3.09. The van der Waals surface area contributed by atoms with Gasteiger partial charge in [0.05, 0.1) is 11.3 Å². The maximum atomic E-state index is 12.8. The fourth-order valence-electron chi connectivity index (χ4n) is 2.80. The van der Waals surface area contributed by atoms with Crippen molar-refractivity contribution in [1.82, 2.24) is 15.2 Å². The van der Waals surface area contributed by atoms with Gasteiger partial charge in [-0.25, -0.2) is 4.98 Å². The van der Waals surface area contributed by atoms with Crippen molar-refractivity contribution in [2.75, 3.05) is 20.1 Å². The lowest BCUT2D eigenvalue weighted by molar-refractivity contribution is -0.141. The number of carbonyl (C=O) groups excluding carboxylic acids is 1. The summed E-state index contributed by atoms with van der Waals surface area (Å²) >= 11 is 0. The molecule has 0 radical (unpaired) electrons. The Morgan fingerprint density at radius 3 is 2.50 bits per heavy atom. The number of likely N-dealkylation sites (tertiary alicyclic amines) is 1. The highest BCUT2D eigenvalue weighted by atomic mass is 19.4. The minimum atomic E-state index is -4.50. The SMILES string of the molecule is CNC1(C)CCN(C(=O)c2c(C)cc(C(F)(F)F)nc2C)C1. The maximum absolute atomic E-state index is 12.8. The zero-order valence-electron chi connectivity index (χ0n) is 13.1. The predicted molar refractivity (Wildman–Crippen MR) is 76.7 cm³/mol. The van der Waals surface area contributed by atoms with E-state index in [4.69, 9.17) is 0 Å². The summed E-state index contributed by atoms with van der Waals surface area (Å²) < 4.78 is 38.3. The van der Waals surface area contributed by atoms with Crippen LogP contribution >= 0.6 is 0 Å².